The summed E-state index contributed by atoms with van der Waals surface area (Å²) in [6, 6.07) is 39.8. The van der Waals surface area contributed by atoms with Gasteiger partial charge in [-0.25, -0.2) is 0 Å². The van der Waals surface area contributed by atoms with E-state index in [1.807, 2.05) is 0 Å². The van der Waals surface area contributed by atoms with Crippen molar-refractivity contribution in [1.82, 2.24) is 0 Å². The van der Waals surface area contributed by atoms with Crippen molar-refractivity contribution in [2.75, 3.05) is 0 Å². The molecular weight excluding hydrogens is 476 g/mol. The molecule has 0 saturated carbocycles. The molecule has 0 saturated heterocycles. The van der Waals surface area contributed by atoms with Crippen LogP contribution in [0.4, 0.5) is 0 Å². The van der Waals surface area contributed by atoms with E-state index in [4.69, 9.17) is 0 Å². The van der Waals surface area contributed by atoms with E-state index in [-0.39, 0.29) is 0 Å². The SMILES string of the molecule is Cc1ccc2c3c(ccc(Br)c13)-c1c-2c(-c2ccccc2)c2ccccc2c1-c1ccccc1. The third kappa shape index (κ3) is 2.65. The molecule has 0 unspecified atom stereocenters. The van der Waals surface area contributed by atoms with Gasteiger partial charge >= 0.3 is 0 Å². The minimum Gasteiger partial charge on any atom is -0.0622 e. The van der Waals surface area contributed by atoms with E-state index < -0.39 is 0 Å². The van der Waals surface area contributed by atoms with Crippen molar-refractivity contribution in [1.29, 1.82) is 0 Å². The van der Waals surface area contributed by atoms with Crippen LogP contribution in [0.3, 0.4) is 0 Å². The molecular formula is C33H21Br. The summed E-state index contributed by atoms with van der Waals surface area (Å²) in [4.78, 5) is 0. The first kappa shape index (κ1) is 19.8. The second kappa shape index (κ2) is 7.41. The number of hydrogen-bond donors (Lipinski definition) is 0. The maximum absolute atomic E-state index is 3.86. The van der Waals surface area contributed by atoms with Crippen molar-refractivity contribution in [2.45, 2.75) is 6.92 Å². The Morgan fingerprint density at radius 1 is 0.441 bits per heavy atom. The van der Waals surface area contributed by atoms with Crippen LogP contribution in [-0.4, -0.2) is 0 Å². The third-order valence-electron chi connectivity index (χ3n) is 7.20. The van der Waals surface area contributed by atoms with Gasteiger partial charge in [-0.2, -0.15) is 0 Å². The monoisotopic (exact) mass is 496 g/mol. The first-order valence-electron chi connectivity index (χ1n) is 11.7. The Hall–Kier alpha value is -3.68. The quantitative estimate of drug-likeness (QED) is 0.223. The van der Waals surface area contributed by atoms with Crippen molar-refractivity contribution >= 4 is 37.5 Å². The van der Waals surface area contributed by atoms with Crippen LogP contribution >= 0.6 is 15.9 Å². The van der Waals surface area contributed by atoms with Crippen LogP contribution in [0.15, 0.2) is 114 Å². The number of benzene rings is 6. The van der Waals surface area contributed by atoms with Gasteiger partial charge in [0.25, 0.3) is 0 Å². The molecule has 0 aliphatic heterocycles. The number of aryl methyl sites for hydroxylation is 1. The molecule has 1 aliphatic carbocycles. The summed E-state index contributed by atoms with van der Waals surface area (Å²) < 4.78 is 1.16. The number of hydrogen-bond acceptors (Lipinski definition) is 0. The van der Waals surface area contributed by atoms with Crippen LogP contribution in [0.5, 0.6) is 0 Å². The van der Waals surface area contributed by atoms with Gasteiger partial charge in [-0.05, 0) is 79.2 Å². The molecule has 1 aliphatic rings. The lowest BCUT2D eigenvalue weighted by Gasteiger charge is -2.20. The molecule has 0 atom stereocenters. The topological polar surface area (TPSA) is 0 Å². The van der Waals surface area contributed by atoms with Crippen molar-refractivity contribution in [3.05, 3.63) is 119 Å². The largest absolute Gasteiger partial charge is 0.0622 e. The second-order valence-electron chi connectivity index (χ2n) is 9.05. The van der Waals surface area contributed by atoms with E-state index in [1.54, 1.807) is 0 Å². The van der Waals surface area contributed by atoms with E-state index in [0.717, 1.165) is 4.47 Å². The van der Waals surface area contributed by atoms with Gasteiger partial charge in [0.1, 0.15) is 0 Å². The van der Waals surface area contributed by atoms with Gasteiger partial charge in [-0.1, -0.05) is 119 Å². The molecule has 0 spiro atoms. The highest BCUT2D eigenvalue weighted by molar-refractivity contribution is 9.10. The van der Waals surface area contributed by atoms with Crippen LogP contribution in [0.2, 0.25) is 0 Å². The van der Waals surface area contributed by atoms with Crippen molar-refractivity contribution in [3.63, 3.8) is 0 Å². The molecule has 160 valence electrons. The third-order valence-corrected chi connectivity index (χ3v) is 7.86. The predicted molar refractivity (Wildman–Crippen MR) is 149 cm³/mol. The summed E-state index contributed by atoms with van der Waals surface area (Å²) in [6.07, 6.45) is 0. The van der Waals surface area contributed by atoms with E-state index in [9.17, 15) is 0 Å². The summed E-state index contributed by atoms with van der Waals surface area (Å²) >= 11 is 3.86. The van der Waals surface area contributed by atoms with Gasteiger partial charge in [0.2, 0.25) is 0 Å². The summed E-state index contributed by atoms with van der Waals surface area (Å²) in [7, 11) is 0. The van der Waals surface area contributed by atoms with Crippen LogP contribution in [0, 0.1) is 6.92 Å². The summed E-state index contributed by atoms with van der Waals surface area (Å²) in [5, 5.41) is 5.26. The fourth-order valence-corrected chi connectivity index (χ4v) is 6.46. The fraction of sp³-hybridized carbons (Fsp3) is 0.0303. The summed E-state index contributed by atoms with van der Waals surface area (Å²) in [5.74, 6) is 0. The Balaban J connectivity index is 1.78. The minimum absolute atomic E-state index is 1.16. The normalized spacial score (nSPS) is 11.8. The van der Waals surface area contributed by atoms with Crippen molar-refractivity contribution < 1.29 is 0 Å². The highest BCUT2D eigenvalue weighted by atomic mass is 79.9. The highest BCUT2D eigenvalue weighted by Gasteiger charge is 2.31. The first-order chi connectivity index (χ1) is 16.7. The molecule has 7 rings (SSSR count). The smallest absolute Gasteiger partial charge is 0.0257 e. The lowest BCUT2D eigenvalue weighted by Crippen LogP contribution is -1.93. The number of fused-ring (bicyclic) bond motifs is 4. The number of rotatable bonds is 2. The Labute approximate surface area is 207 Å². The maximum atomic E-state index is 3.86. The zero-order valence-electron chi connectivity index (χ0n) is 18.8. The molecule has 0 radical (unpaired) electrons. The van der Waals surface area contributed by atoms with E-state index in [0.29, 0.717) is 0 Å². The second-order valence-corrected chi connectivity index (χ2v) is 9.91. The van der Waals surface area contributed by atoms with E-state index in [1.165, 1.54) is 71.6 Å². The Kier molecular flexibility index (Phi) is 4.31. The van der Waals surface area contributed by atoms with Crippen LogP contribution < -0.4 is 0 Å². The molecule has 0 fully saturated rings. The average molecular weight is 497 g/mol. The maximum Gasteiger partial charge on any atom is 0.0257 e. The molecule has 1 heteroatoms. The summed E-state index contributed by atoms with van der Waals surface area (Å²) in [6.45, 7) is 2.21. The minimum atomic E-state index is 1.16. The van der Waals surface area contributed by atoms with Crippen molar-refractivity contribution in [2.24, 2.45) is 0 Å². The van der Waals surface area contributed by atoms with Gasteiger partial charge in [0.05, 0.1) is 0 Å². The van der Waals surface area contributed by atoms with Crippen LogP contribution in [0.25, 0.3) is 66.1 Å². The highest BCUT2D eigenvalue weighted by Crippen LogP contribution is 2.58. The molecule has 0 bridgehead atoms. The molecule has 6 aromatic carbocycles. The molecule has 34 heavy (non-hydrogen) atoms. The van der Waals surface area contributed by atoms with Crippen LogP contribution in [0.1, 0.15) is 5.56 Å². The van der Waals surface area contributed by atoms with Gasteiger partial charge in [0.15, 0.2) is 0 Å². The Bertz CT molecular complexity index is 1620. The molecule has 0 amide bonds. The molecule has 0 heterocycles. The summed E-state index contributed by atoms with van der Waals surface area (Å²) in [5.41, 5.74) is 11.8. The zero-order valence-corrected chi connectivity index (χ0v) is 20.4. The van der Waals surface area contributed by atoms with Crippen LogP contribution in [-0.2, 0) is 0 Å². The van der Waals surface area contributed by atoms with E-state index >= 15 is 0 Å². The first-order valence-corrected chi connectivity index (χ1v) is 12.5. The number of halogens is 1. The standard InChI is InChI=1S/C33H21Br/c1-20-16-17-25-31-26(18-19-27(34)28(20)31)33-30(22-12-6-3-7-13-22)24-15-9-8-14-23(24)29(32(25)33)21-10-4-2-5-11-21/h2-19H,1H3. The lowest BCUT2D eigenvalue weighted by molar-refractivity contribution is 1.53. The lowest BCUT2D eigenvalue weighted by atomic mass is 9.82. The Morgan fingerprint density at radius 3 is 1.44 bits per heavy atom. The Morgan fingerprint density at radius 2 is 0.912 bits per heavy atom. The predicted octanol–water partition coefficient (Wildman–Crippen LogP) is 10.0. The van der Waals surface area contributed by atoms with Gasteiger partial charge in [0, 0.05) is 9.86 Å². The van der Waals surface area contributed by atoms with E-state index in [2.05, 4.69) is 132 Å². The van der Waals surface area contributed by atoms with Crippen molar-refractivity contribution in [3.8, 4) is 44.5 Å². The molecule has 6 aromatic rings. The molecule has 0 N–H and O–H groups in total. The zero-order chi connectivity index (χ0) is 22.8. The molecule has 0 aromatic heterocycles. The molecule has 0 nitrogen and oxygen atoms in total. The van der Waals surface area contributed by atoms with Gasteiger partial charge in [-0.15, -0.1) is 0 Å². The van der Waals surface area contributed by atoms with Gasteiger partial charge < -0.3 is 0 Å². The average Bonchev–Trinajstić information content (AvgIpc) is 3.21. The fourth-order valence-electron chi connectivity index (χ4n) is 5.82. The van der Waals surface area contributed by atoms with Gasteiger partial charge in [-0.3, -0.25) is 0 Å².